The van der Waals surface area contributed by atoms with Gasteiger partial charge in [0.1, 0.15) is 17.5 Å². The summed E-state index contributed by atoms with van der Waals surface area (Å²) >= 11 is 3.34. The minimum Gasteiger partial charge on any atom is -0.457 e. The highest BCUT2D eigenvalue weighted by molar-refractivity contribution is 9.10. The molecule has 2 aromatic carbocycles. The van der Waals surface area contributed by atoms with E-state index in [4.69, 9.17) is 9.94 Å². The molecule has 8 nitrogen and oxygen atoms in total. The van der Waals surface area contributed by atoms with Crippen LogP contribution < -0.4 is 10.2 Å². The number of carbonyl (C=O) groups excluding carboxylic acids is 1. The van der Waals surface area contributed by atoms with Crippen LogP contribution in [0.2, 0.25) is 0 Å². The Labute approximate surface area is 185 Å². The molecule has 1 saturated heterocycles. The SMILES string of the molecule is CC1(C)C(C(=O)NO)N(S(=O)(=O)c2ccc(Oc3ccc(Br)cc3)cc2)CC[S@@]1=O. The lowest BCUT2D eigenvalue weighted by molar-refractivity contribution is -0.134. The minimum absolute atomic E-state index is 0.0371. The van der Waals surface area contributed by atoms with Crippen LogP contribution in [0.15, 0.2) is 57.9 Å². The van der Waals surface area contributed by atoms with E-state index in [1.54, 1.807) is 26.0 Å². The van der Waals surface area contributed by atoms with Gasteiger partial charge in [-0.25, -0.2) is 13.9 Å². The van der Waals surface area contributed by atoms with Gasteiger partial charge in [0.05, 0.1) is 9.64 Å². The molecule has 1 amide bonds. The third kappa shape index (κ3) is 4.45. The molecule has 0 saturated carbocycles. The first-order valence-electron chi connectivity index (χ1n) is 8.95. The number of hydrogen-bond acceptors (Lipinski definition) is 6. The first-order chi connectivity index (χ1) is 14.1. The van der Waals surface area contributed by atoms with Crippen LogP contribution in [0, 0.1) is 0 Å². The van der Waals surface area contributed by atoms with Gasteiger partial charge in [0.2, 0.25) is 10.0 Å². The fraction of sp³-hybridized carbons (Fsp3) is 0.316. The fourth-order valence-electron chi connectivity index (χ4n) is 3.26. The second kappa shape index (κ2) is 8.75. The van der Waals surface area contributed by atoms with Gasteiger partial charge >= 0.3 is 0 Å². The molecule has 1 unspecified atom stereocenters. The topological polar surface area (TPSA) is 113 Å². The number of hydrogen-bond donors (Lipinski definition) is 2. The average molecular weight is 517 g/mol. The Morgan fingerprint density at radius 1 is 1.17 bits per heavy atom. The summed E-state index contributed by atoms with van der Waals surface area (Å²) in [6.45, 7) is 2.98. The van der Waals surface area contributed by atoms with E-state index in [1.165, 1.54) is 29.7 Å². The van der Waals surface area contributed by atoms with Crippen LogP contribution in [0.3, 0.4) is 0 Å². The molecule has 11 heteroatoms. The predicted octanol–water partition coefficient (Wildman–Crippen LogP) is 2.65. The average Bonchev–Trinajstić information content (AvgIpc) is 2.71. The summed E-state index contributed by atoms with van der Waals surface area (Å²) in [5.41, 5.74) is 1.50. The van der Waals surface area contributed by atoms with Crippen molar-refractivity contribution >= 4 is 42.7 Å². The first-order valence-corrected chi connectivity index (χ1v) is 12.5. The van der Waals surface area contributed by atoms with Crippen LogP contribution in [0.1, 0.15) is 13.8 Å². The lowest BCUT2D eigenvalue weighted by atomic mass is 10.0. The maximum Gasteiger partial charge on any atom is 0.263 e. The molecule has 2 atom stereocenters. The smallest absolute Gasteiger partial charge is 0.263 e. The van der Waals surface area contributed by atoms with Crippen molar-refractivity contribution in [3.8, 4) is 11.5 Å². The second-order valence-electron chi connectivity index (χ2n) is 7.17. The Hall–Kier alpha value is -1.79. The lowest BCUT2D eigenvalue weighted by Gasteiger charge is -2.42. The Balaban J connectivity index is 1.89. The number of nitrogens with one attached hydrogen (secondary N) is 1. The summed E-state index contributed by atoms with van der Waals surface area (Å²) in [5, 5.41) is 9.11. The van der Waals surface area contributed by atoms with Gasteiger partial charge in [0, 0.05) is 27.6 Å². The van der Waals surface area contributed by atoms with Gasteiger partial charge < -0.3 is 4.74 Å². The van der Waals surface area contributed by atoms with Crippen LogP contribution in [0.4, 0.5) is 0 Å². The van der Waals surface area contributed by atoms with Crippen LogP contribution in [0.5, 0.6) is 11.5 Å². The van der Waals surface area contributed by atoms with Crippen molar-refractivity contribution in [3.63, 3.8) is 0 Å². The van der Waals surface area contributed by atoms with Crippen LogP contribution in [0.25, 0.3) is 0 Å². The third-order valence-corrected chi connectivity index (χ3v) is 9.23. The normalized spacial score (nSPS) is 21.7. The zero-order chi connectivity index (χ0) is 22.1. The Bertz CT molecular complexity index is 1060. The predicted molar refractivity (Wildman–Crippen MR) is 115 cm³/mol. The molecule has 1 aliphatic rings. The molecule has 0 aromatic heterocycles. The largest absolute Gasteiger partial charge is 0.457 e. The van der Waals surface area contributed by atoms with Gasteiger partial charge in [0.25, 0.3) is 5.91 Å². The van der Waals surface area contributed by atoms with Crippen LogP contribution in [-0.2, 0) is 25.6 Å². The molecule has 2 N–H and O–H groups in total. The monoisotopic (exact) mass is 516 g/mol. The molecule has 1 fully saturated rings. The number of amides is 1. The molecule has 3 rings (SSSR count). The van der Waals surface area contributed by atoms with Crippen molar-refractivity contribution in [2.45, 2.75) is 29.5 Å². The number of rotatable bonds is 5. The highest BCUT2D eigenvalue weighted by atomic mass is 79.9. The van der Waals surface area contributed by atoms with Crippen molar-refractivity contribution in [2.24, 2.45) is 0 Å². The summed E-state index contributed by atoms with van der Waals surface area (Å²) in [5.74, 6) is 0.202. The first kappa shape index (κ1) is 22.9. The van der Waals surface area contributed by atoms with Crippen molar-refractivity contribution in [1.29, 1.82) is 0 Å². The number of nitrogens with zero attached hydrogens (tertiary/aromatic N) is 1. The van der Waals surface area contributed by atoms with Gasteiger partial charge in [-0.05, 0) is 62.4 Å². The maximum atomic E-state index is 13.2. The van der Waals surface area contributed by atoms with E-state index >= 15 is 0 Å². The van der Waals surface area contributed by atoms with Crippen molar-refractivity contribution in [2.75, 3.05) is 12.3 Å². The van der Waals surface area contributed by atoms with Crippen molar-refractivity contribution < 1.29 is 27.4 Å². The highest BCUT2D eigenvalue weighted by Gasteiger charge is 2.51. The van der Waals surface area contributed by atoms with Gasteiger partial charge in [-0.3, -0.25) is 14.2 Å². The second-order valence-corrected chi connectivity index (χ2v) is 12.1. The third-order valence-electron chi connectivity index (χ3n) is 4.87. The summed E-state index contributed by atoms with van der Waals surface area (Å²) in [6, 6.07) is 11.7. The summed E-state index contributed by atoms with van der Waals surface area (Å²) in [7, 11) is -5.53. The van der Waals surface area contributed by atoms with Gasteiger partial charge in [0.15, 0.2) is 0 Å². The zero-order valence-corrected chi connectivity index (χ0v) is 19.5. The molecular formula is C19H21BrN2O6S2. The molecule has 0 bridgehead atoms. The van der Waals surface area contributed by atoms with E-state index < -0.39 is 37.5 Å². The molecule has 0 spiro atoms. The number of sulfonamides is 1. The van der Waals surface area contributed by atoms with Crippen molar-refractivity contribution in [1.82, 2.24) is 9.79 Å². The number of halogens is 1. The Kier molecular flexibility index (Phi) is 6.68. The number of hydroxylamine groups is 1. The molecule has 30 heavy (non-hydrogen) atoms. The molecule has 1 heterocycles. The molecule has 2 aromatic rings. The lowest BCUT2D eigenvalue weighted by Crippen LogP contribution is -2.64. The molecular weight excluding hydrogens is 496 g/mol. The number of ether oxygens (including phenoxy) is 1. The minimum atomic E-state index is -4.09. The molecule has 1 aliphatic heterocycles. The maximum absolute atomic E-state index is 13.2. The molecule has 162 valence electrons. The number of benzene rings is 2. The van der Waals surface area contributed by atoms with Crippen molar-refractivity contribution in [3.05, 3.63) is 53.0 Å². The quantitative estimate of drug-likeness (QED) is 0.466. The van der Waals surface area contributed by atoms with E-state index in [-0.39, 0.29) is 17.2 Å². The summed E-state index contributed by atoms with van der Waals surface area (Å²) in [6.07, 6.45) is 0. The van der Waals surface area contributed by atoms with E-state index in [0.29, 0.717) is 11.5 Å². The molecule has 0 aliphatic carbocycles. The van der Waals surface area contributed by atoms with Crippen LogP contribution >= 0.6 is 15.9 Å². The van der Waals surface area contributed by atoms with Gasteiger partial charge in [-0.1, -0.05) is 15.9 Å². The standard InChI is InChI=1S/C19H21BrN2O6S2/c1-19(2)17(18(23)21-24)22(11-12-29(19)25)30(26,27)16-9-7-15(8-10-16)28-14-5-3-13(20)4-6-14/h3-10,17,24H,11-12H2,1-2H3,(H,21,23)/t17?,29-/m0/s1. The summed E-state index contributed by atoms with van der Waals surface area (Å²) in [4.78, 5) is 12.2. The van der Waals surface area contributed by atoms with Crippen LogP contribution in [-0.4, -0.2) is 51.1 Å². The van der Waals surface area contributed by atoms with Gasteiger partial charge in [-0.15, -0.1) is 0 Å². The fourth-order valence-corrected chi connectivity index (χ4v) is 6.79. The van der Waals surface area contributed by atoms with E-state index in [2.05, 4.69) is 15.9 Å². The van der Waals surface area contributed by atoms with E-state index in [0.717, 1.165) is 8.78 Å². The van der Waals surface area contributed by atoms with Gasteiger partial charge in [-0.2, -0.15) is 4.31 Å². The van der Waals surface area contributed by atoms with E-state index in [1.807, 2.05) is 12.1 Å². The number of carbonyl (C=O) groups is 1. The summed E-state index contributed by atoms with van der Waals surface area (Å²) < 4.78 is 45.3. The zero-order valence-electron chi connectivity index (χ0n) is 16.2. The highest BCUT2D eigenvalue weighted by Crippen LogP contribution is 2.33. The Morgan fingerprint density at radius 3 is 2.23 bits per heavy atom. The molecule has 0 radical (unpaired) electrons. The Morgan fingerprint density at radius 2 is 1.70 bits per heavy atom. The van der Waals surface area contributed by atoms with E-state index in [9.17, 15) is 17.4 Å².